The van der Waals surface area contributed by atoms with Gasteiger partial charge in [-0.2, -0.15) is 0 Å². The Morgan fingerprint density at radius 2 is 2.50 bits per heavy atom. The van der Waals surface area contributed by atoms with Crippen molar-refractivity contribution in [1.29, 1.82) is 0 Å². The molecule has 0 spiro atoms. The summed E-state index contributed by atoms with van der Waals surface area (Å²) in [4.78, 5) is 0. The third-order valence-corrected chi connectivity index (χ3v) is 2.41. The summed E-state index contributed by atoms with van der Waals surface area (Å²) < 4.78 is 10.3. The molecule has 1 atom stereocenters. The molecule has 1 unspecified atom stereocenters. The maximum absolute atomic E-state index is 9.02. The van der Waals surface area contributed by atoms with Crippen LogP contribution in [-0.4, -0.2) is 31.2 Å². The topological polar surface area (TPSA) is 38.7 Å². The molecular weight excluding hydrogens is 180 g/mol. The summed E-state index contributed by atoms with van der Waals surface area (Å²) >= 11 is 0. The molecule has 0 saturated carbocycles. The van der Waals surface area contributed by atoms with Crippen molar-refractivity contribution in [1.82, 2.24) is 0 Å². The molecule has 1 aliphatic rings. The second-order valence-electron chi connectivity index (χ2n) is 3.43. The van der Waals surface area contributed by atoms with Gasteiger partial charge in [-0.1, -0.05) is 12.0 Å². The van der Waals surface area contributed by atoms with Crippen LogP contribution >= 0.6 is 0 Å². The van der Waals surface area contributed by atoms with Crippen molar-refractivity contribution in [3.63, 3.8) is 0 Å². The number of allylic oxidation sites excluding steroid dienone is 1. The SMILES string of the molecule is C#CC1(OCOC)CCC=C(CO)C1. The van der Waals surface area contributed by atoms with Crippen LogP contribution in [0.25, 0.3) is 0 Å². The Bertz CT molecular complexity index is 252. The molecule has 0 saturated heterocycles. The van der Waals surface area contributed by atoms with Gasteiger partial charge >= 0.3 is 0 Å². The molecule has 14 heavy (non-hydrogen) atoms. The van der Waals surface area contributed by atoms with Crippen molar-refractivity contribution in [2.45, 2.75) is 24.9 Å². The first-order valence-electron chi connectivity index (χ1n) is 4.66. The monoisotopic (exact) mass is 196 g/mol. The first kappa shape index (κ1) is 11.3. The zero-order valence-corrected chi connectivity index (χ0v) is 8.45. The zero-order valence-electron chi connectivity index (χ0n) is 8.45. The lowest BCUT2D eigenvalue weighted by atomic mass is 9.85. The number of hydrogen-bond acceptors (Lipinski definition) is 3. The summed E-state index contributed by atoms with van der Waals surface area (Å²) in [7, 11) is 1.57. The zero-order chi connectivity index (χ0) is 10.4. The second kappa shape index (κ2) is 5.16. The standard InChI is InChI=1S/C11H16O3/c1-3-11(14-9-13-2)6-4-5-10(7-11)8-12/h1,5,12H,4,6-9H2,2H3. The molecule has 3 heteroatoms. The number of rotatable bonds is 4. The lowest BCUT2D eigenvalue weighted by Gasteiger charge is -2.31. The Kier molecular flexibility index (Phi) is 4.15. The normalized spacial score (nSPS) is 26.8. The van der Waals surface area contributed by atoms with Crippen molar-refractivity contribution in [2.24, 2.45) is 0 Å². The van der Waals surface area contributed by atoms with Crippen LogP contribution in [-0.2, 0) is 9.47 Å². The highest BCUT2D eigenvalue weighted by molar-refractivity contribution is 5.21. The molecule has 1 rings (SSSR count). The predicted molar refractivity (Wildman–Crippen MR) is 53.5 cm³/mol. The number of aliphatic hydroxyl groups is 1. The summed E-state index contributed by atoms with van der Waals surface area (Å²) in [5.41, 5.74) is 0.369. The Balaban J connectivity index is 2.63. The van der Waals surface area contributed by atoms with Gasteiger partial charge in [-0.25, -0.2) is 0 Å². The van der Waals surface area contributed by atoms with Crippen LogP contribution in [0.1, 0.15) is 19.3 Å². The van der Waals surface area contributed by atoms with E-state index in [0.717, 1.165) is 18.4 Å². The number of hydrogen-bond donors (Lipinski definition) is 1. The third kappa shape index (κ3) is 2.58. The van der Waals surface area contributed by atoms with Gasteiger partial charge in [0.25, 0.3) is 0 Å². The molecule has 3 nitrogen and oxygen atoms in total. The fourth-order valence-corrected chi connectivity index (χ4v) is 1.62. The van der Waals surface area contributed by atoms with Crippen LogP contribution in [0.4, 0.5) is 0 Å². The van der Waals surface area contributed by atoms with Crippen LogP contribution in [0.3, 0.4) is 0 Å². The van der Waals surface area contributed by atoms with Gasteiger partial charge in [0, 0.05) is 13.5 Å². The van der Waals surface area contributed by atoms with Crippen molar-refractivity contribution < 1.29 is 14.6 Å². The average Bonchev–Trinajstić information content (AvgIpc) is 2.26. The molecule has 78 valence electrons. The Morgan fingerprint density at radius 3 is 3.07 bits per heavy atom. The smallest absolute Gasteiger partial charge is 0.148 e. The largest absolute Gasteiger partial charge is 0.392 e. The predicted octanol–water partition coefficient (Wildman–Crippen LogP) is 1.08. The second-order valence-corrected chi connectivity index (χ2v) is 3.43. The van der Waals surface area contributed by atoms with Crippen molar-refractivity contribution in [3.8, 4) is 12.3 Å². The first-order valence-corrected chi connectivity index (χ1v) is 4.66. The summed E-state index contributed by atoms with van der Waals surface area (Å²) in [5, 5.41) is 9.02. The maximum atomic E-state index is 9.02. The van der Waals surface area contributed by atoms with Gasteiger partial charge in [-0.3, -0.25) is 0 Å². The molecular formula is C11H16O3. The number of aliphatic hydroxyl groups excluding tert-OH is 1. The summed E-state index contributed by atoms with van der Waals surface area (Å²) in [5.74, 6) is 2.66. The van der Waals surface area contributed by atoms with E-state index in [0.29, 0.717) is 6.42 Å². The fraction of sp³-hybridized carbons (Fsp3) is 0.636. The molecule has 0 bridgehead atoms. The molecule has 0 aromatic heterocycles. The minimum atomic E-state index is -0.581. The highest BCUT2D eigenvalue weighted by Gasteiger charge is 2.31. The van der Waals surface area contributed by atoms with Crippen molar-refractivity contribution >= 4 is 0 Å². The molecule has 0 aromatic carbocycles. The van der Waals surface area contributed by atoms with Crippen LogP contribution < -0.4 is 0 Å². The van der Waals surface area contributed by atoms with E-state index < -0.39 is 5.60 Å². The molecule has 0 amide bonds. The van der Waals surface area contributed by atoms with Gasteiger partial charge < -0.3 is 14.6 Å². The Labute approximate surface area is 84.7 Å². The van der Waals surface area contributed by atoms with Crippen LogP contribution in [0.5, 0.6) is 0 Å². The lowest BCUT2D eigenvalue weighted by Crippen LogP contribution is -2.34. The quantitative estimate of drug-likeness (QED) is 0.415. The molecule has 0 fully saturated rings. The maximum Gasteiger partial charge on any atom is 0.148 e. The molecule has 0 aliphatic heterocycles. The minimum absolute atomic E-state index is 0.0553. The molecule has 0 aromatic rings. The van der Waals surface area contributed by atoms with Gasteiger partial charge in [0.05, 0.1) is 6.61 Å². The average molecular weight is 196 g/mol. The van der Waals surface area contributed by atoms with E-state index in [9.17, 15) is 0 Å². The van der Waals surface area contributed by atoms with E-state index in [1.54, 1.807) is 7.11 Å². The van der Waals surface area contributed by atoms with Gasteiger partial charge in [-0.05, 0) is 18.4 Å². The number of methoxy groups -OCH3 is 1. The molecule has 0 heterocycles. The van der Waals surface area contributed by atoms with Crippen LogP contribution in [0.15, 0.2) is 11.6 Å². The van der Waals surface area contributed by atoms with E-state index in [-0.39, 0.29) is 13.4 Å². The lowest BCUT2D eigenvalue weighted by molar-refractivity contribution is -0.108. The number of ether oxygens (including phenoxy) is 2. The Morgan fingerprint density at radius 1 is 1.71 bits per heavy atom. The van der Waals surface area contributed by atoms with Crippen LogP contribution in [0.2, 0.25) is 0 Å². The Hall–Kier alpha value is -0.820. The molecule has 1 N–H and O–H groups in total. The summed E-state index contributed by atoms with van der Waals surface area (Å²) in [6.45, 7) is 0.253. The highest BCUT2D eigenvalue weighted by Crippen LogP contribution is 2.30. The minimum Gasteiger partial charge on any atom is -0.392 e. The molecule has 1 aliphatic carbocycles. The first-order chi connectivity index (χ1) is 6.76. The molecule has 0 radical (unpaired) electrons. The van der Waals surface area contributed by atoms with Crippen LogP contribution in [0, 0.1) is 12.3 Å². The van der Waals surface area contributed by atoms with Gasteiger partial charge in [0.2, 0.25) is 0 Å². The van der Waals surface area contributed by atoms with Crippen molar-refractivity contribution in [3.05, 3.63) is 11.6 Å². The summed E-state index contributed by atoms with van der Waals surface area (Å²) in [6.07, 6.45) is 9.72. The van der Waals surface area contributed by atoms with E-state index in [2.05, 4.69) is 5.92 Å². The van der Waals surface area contributed by atoms with Gasteiger partial charge in [-0.15, -0.1) is 6.42 Å². The number of terminal acetylenes is 1. The van der Waals surface area contributed by atoms with E-state index in [4.69, 9.17) is 21.0 Å². The van der Waals surface area contributed by atoms with E-state index >= 15 is 0 Å². The van der Waals surface area contributed by atoms with E-state index in [1.165, 1.54) is 0 Å². The van der Waals surface area contributed by atoms with Crippen molar-refractivity contribution in [2.75, 3.05) is 20.5 Å². The third-order valence-electron chi connectivity index (χ3n) is 2.41. The summed E-state index contributed by atoms with van der Waals surface area (Å²) in [6, 6.07) is 0. The van der Waals surface area contributed by atoms with Gasteiger partial charge in [0.15, 0.2) is 0 Å². The van der Waals surface area contributed by atoms with E-state index in [1.807, 2.05) is 6.08 Å². The fourth-order valence-electron chi connectivity index (χ4n) is 1.62. The highest BCUT2D eigenvalue weighted by atomic mass is 16.7. The van der Waals surface area contributed by atoms with Gasteiger partial charge in [0.1, 0.15) is 12.4 Å².